The molecule has 0 aliphatic rings. The van der Waals surface area contributed by atoms with Crippen LogP contribution in [0.5, 0.6) is 0 Å². The molecule has 0 fully saturated rings. The molecule has 2 N–H and O–H groups in total. The highest BCUT2D eigenvalue weighted by molar-refractivity contribution is 7.88. The molecule has 5 nitrogen and oxygen atoms in total. The van der Waals surface area contributed by atoms with Crippen LogP contribution in [0, 0.1) is 0 Å². The van der Waals surface area contributed by atoms with Crippen LogP contribution in [0.3, 0.4) is 0 Å². The van der Waals surface area contributed by atoms with E-state index in [0.717, 1.165) is 6.26 Å². The molecule has 0 bridgehead atoms. The average Bonchev–Trinajstić information content (AvgIpc) is 1.85. The number of amides is 1. The van der Waals surface area contributed by atoms with E-state index in [0.29, 0.717) is 25.9 Å². The molecule has 0 aromatic heterocycles. The number of carbonyl (C=O) groups is 1. The van der Waals surface area contributed by atoms with Crippen molar-refractivity contribution in [3.8, 4) is 0 Å². The minimum atomic E-state index is -3.08. The highest BCUT2D eigenvalue weighted by atomic mass is 32.2. The van der Waals surface area contributed by atoms with Crippen LogP contribution in [0.25, 0.3) is 0 Å². The molecule has 0 atom stereocenters. The summed E-state index contributed by atoms with van der Waals surface area (Å²) in [5.41, 5.74) is 0. The van der Waals surface area contributed by atoms with Crippen LogP contribution in [0.2, 0.25) is 0 Å². The molecule has 0 aromatic rings. The van der Waals surface area contributed by atoms with Crippen LogP contribution in [-0.4, -0.2) is 34.2 Å². The van der Waals surface area contributed by atoms with Crippen LogP contribution < -0.4 is 10.0 Å². The molecule has 0 aromatic carbocycles. The van der Waals surface area contributed by atoms with Gasteiger partial charge in [0.25, 0.3) is 0 Å². The average molecular weight is 180 g/mol. The van der Waals surface area contributed by atoms with E-state index in [1.165, 1.54) is 0 Å². The number of carbonyl (C=O) groups excluding carboxylic acids is 1. The second kappa shape index (κ2) is 5.09. The molecular formula is C5H12N2O3S. The van der Waals surface area contributed by atoms with E-state index in [9.17, 15) is 13.2 Å². The Labute approximate surface area is 66.2 Å². The molecule has 66 valence electrons. The molecule has 1 amide bonds. The normalized spacial score (nSPS) is 11.0. The molecule has 0 heterocycles. The van der Waals surface area contributed by atoms with Gasteiger partial charge in [0.2, 0.25) is 16.4 Å². The minimum absolute atomic E-state index is 0.361. The van der Waals surface area contributed by atoms with Crippen molar-refractivity contribution in [1.82, 2.24) is 10.0 Å². The molecule has 0 rings (SSSR count). The number of rotatable bonds is 6. The summed E-state index contributed by atoms with van der Waals surface area (Å²) < 4.78 is 23.2. The lowest BCUT2D eigenvalue weighted by atomic mass is 10.4. The first kappa shape index (κ1) is 10.4. The van der Waals surface area contributed by atoms with Crippen LogP contribution in [0.1, 0.15) is 6.42 Å². The Morgan fingerprint density at radius 1 is 1.36 bits per heavy atom. The smallest absolute Gasteiger partial charge is 0.208 e. The minimum Gasteiger partial charge on any atom is -0.359 e. The maximum atomic E-state index is 10.5. The van der Waals surface area contributed by atoms with Crippen molar-refractivity contribution < 1.29 is 13.2 Å². The van der Waals surface area contributed by atoms with Crippen molar-refractivity contribution >= 4 is 16.4 Å². The third-order valence-electron chi connectivity index (χ3n) is 0.945. The second-order valence-corrected chi connectivity index (χ2v) is 3.93. The van der Waals surface area contributed by atoms with Gasteiger partial charge in [0, 0.05) is 13.1 Å². The lowest BCUT2D eigenvalue weighted by molar-refractivity contribution is -0.109. The van der Waals surface area contributed by atoms with Gasteiger partial charge in [-0.2, -0.15) is 0 Å². The Morgan fingerprint density at radius 2 is 2.00 bits per heavy atom. The maximum Gasteiger partial charge on any atom is 0.208 e. The molecule has 0 aliphatic heterocycles. The van der Waals surface area contributed by atoms with Crippen molar-refractivity contribution in [2.24, 2.45) is 0 Å². The fourth-order valence-electron chi connectivity index (χ4n) is 0.507. The lowest BCUT2D eigenvalue weighted by Gasteiger charge is -2.00. The summed E-state index contributed by atoms with van der Waals surface area (Å²) in [6.45, 7) is 0.853. The van der Waals surface area contributed by atoms with Gasteiger partial charge in [-0.1, -0.05) is 0 Å². The molecule has 11 heavy (non-hydrogen) atoms. The first-order valence-corrected chi connectivity index (χ1v) is 5.07. The van der Waals surface area contributed by atoms with Gasteiger partial charge in [-0.3, -0.25) is 4.79 Å². The maximum absolute atomic E-state index is 10.5. The van der Waals surface area contributed by atoms with Crippen molar-refractivity contribution in [3.05, 3.63) is 0 Å². The Hall–Kier alpha value is -0.620. The Balaban J connectivity index is 3.22. The van der Waals surface area contributed by atoms with E-state index in [-0.39, 0.29) is 0 Å². The van der Waals surface area contributed by atoms with Gasteiger partial charge in [0.15, 0.2) is 0 Å². The van der Waals surface area contributed by atoms with Crippen LogP contribution >= 0.6 is 0 Å². The zero-order valence-electron chi connectivity index (χ0n) is 6.33. The standard InChI is InChI=1S/C5H12N2O3S/c1-11(9,10)7-4-2-3-6-5-8/h5,7H,2-4H2,1H3,(H,6,8). The molecule has 0 saturated heterocycles. The topological polar surface area (TPSA) is 75.3 Å². The van der Waals surface area contributed by atoms with Gasteiger partial charge in [0.1, 0.15) is 0 Å². The van der Waals surface area contributed by atoms with Gasteiger partial charge in [-0.15, -0.1) is 0 Å². The van der Waals surface area contributed by atoms with Gasteiger partial charge in [0.05, 0.1) is 6.26 Å². The highest BCUT2D eigenvalue weighted by Crippen LogP contribution is 1.76. The van der Waals surface area contributed by atoms with E-state index in [2.05, 4.69) is 10.0 Å². The van der Waals surface area contributed by atoms with Crippen LogP contribution in [0.15, 0.2) is 0 Å². The van der Waals surface area contributed by atoms with E-state index in [1.807, 2.05) is 0 Å². The summed E-state index contributed by atoms with van der Waals surface area (Å²) >= 11 is 0. The summed E-state index contributed by atoms with van der Waals surface area (Å²) in [6, 6.07) is 0. The molecule has 6 heteroatoms. The summed E-state index contributed by atoms with van der Waals surface area (Å²) in [4.78, 5) is 9.72. The third kappa shape index (κ3) is 9.38. The van der Waals surface area contributed by atoms with Gasteiger partial charge in [-0.25, -0.2) is 13.1 Å². The monoisotopic (exact) mass is 180 g/mol. The summed E-state index contributed by atoms with van der Waals surface area (Å²) in [5.74, 6) is 0. The molecule has 0 spiro atoms. The Kier molecular flexibility index (Phi) is 4.80. The Morgan fingerprint density at radius 3 is 2.45 bits per heavy atom. The number of hydrogen-bond acceptors (Lipinski definition) is 3. The van der Waals surface area contributed by atoms with E-state index in [1.54, 1.807) is 0 Å². The number of nitrogens with one attached hydrogen (secondary N) is 2. The van der Waals surface area contributed by atoms with Gasteiger partial charge >= 0.3 is 0 Å². The van der Waals surface area contributed by atoms with E-state index >= 15 is 0 Å². The van der Waals surface area contributed by atoms with Gasteiger partial charge < -0.3 is 5.32 Å². The fourth-order valence-corrected chi connectivity index (χ4v) is 1.02. The third-order valence-corrected chi connectivity index (χ3v) is 1.67. The number of hydrogen-bond donors (Lipinski definition) is 2. The van der Waals surface area contributed by atoms with Crippen molar-refractivity contribution in [1.29, 1.82) is 0 Å². The number of sulfonamides is 1. The SMILES string of the molecule is CS(=O)(=O)NCCCNC=O. The molecule has 0 unspecified atom stereocenters. The summed E-state index contributed by atoms with van der Waals surface area (Å²) in [7, 11) is -3.08. The van der Waals surface area contributed by atoms with Crippen molar-refractivity contribution in [2.75, 3.05) is 19.3 Å². The van der Waals surface area contributed by atoms with E-state index < -0.39 is 10.0 Å². The molecule has 0 aliphatic carbocycles. The zero-order valence-corrected chi connectivity index (χ0v) is 7.15. The van der Waals surface area contributed by atoms with Crippen LogP contribution in [0.4, 0.5) is 0 Å². The predicted octanol–water partition coefficient (Wildman–Crippen LogP) is -1.33. The first-order chi connectivity index (χ1) is 5.06. The van der Waals surface area contributed by atoms with Crippen molar-refractivity contribution in [2.45, 2.75) is 6.42 Å². The van der Waals surface area contributed by atoms with Gasteiger partial charge in [-0.05, 0) is 6.42 Å². The summed E-state index contributed by atoms with van der Waals surface area (Å²) in [6.07, 6.45) is 2.28. The van der Waals surface area contributed by atoms with Crippen LogP contribution in [-0.2, 0) is 14.8 Å². The largest absolute Gasteiger partial charge is 0.359 e. The van der Waals surface area contributed by atoms with Crippen molar-refractivity contribution in [3.63, 3.8) is 0 Å². The van der Waals surface area contributed by atoms with E-state index in [4.69, 9.17) is 0 Å². The Bertz CT molecular complexity index is 200. The second-order valence-electron chi connectivity index (χ2n) is 2.09. The predicted molar refractivity (Wildman–Crippen MR) is 41.5 cm³/mol. The molecule has 0 saturated carbocycles. The quantitative estimate of drug-likeness (QED) is 0.393. The summed E-state index contributed by atoms with van der Waals surface area (Å²) in [5, 5.41) is 2.42. The lowest BCUT2D eigenvalue weighted by Crippen LogP contribution is -2.25. The zero-order chi connectivity index (χ0) is 8.74. The highest BCUT2D eigenvalue weighted by Gasteiger charge is 1.97. The molecule has 0 radical (unpaired) electrons. The molecular weight excluding hydrogens is 168 g/mol. The fraction of sp³-hybridized carbons (Fsp3) is 0.800. The first-order valence-electron chi connectivity index (χ1n) is 3.18.